The monoisotopic (exact) mass is 508 g/mol. The van der Waals surface area contributed by atoms with E-state index in [0.717, 1.165) is 25.7 Å². The van der Waals surface area contributed by atoms with Crippen molar-refractivity contribution in [3.05, 3.63) is 0 Å². The summed E-state index contributed by atoms with van der Waals surface area (Å²) in [7, 11) is -4.52. The molecular weight excluding hydrogens is 452 g/mol. The van der Waals surface area contributed by atoms with Gasteiger partial charge in [0.2, 0.25) is 0 Å². The highest BCUT2D eigenvalue weighted by Gasteiger charge is 2.18. The van der Waals surface area contributed by atoms with E-state index in [-0.39, 0.29) is 13.2 Å². The Hall–Kier alpha value is -0.210. The molecule has 0 aromatic carbocycles. The molecule has 0 bridgehead atoms. The minimum Gasteiger partial charge on any atom is -0.379 e. The molecule has 0 unspecified atom stereocenters. The fourth-order valence-electron chi connectivity index (χ4n) is 4.09. The van der Waals surface area contributed by atoms with Crippen molar-refractivity contribution >= 4 is 10.4 Å². The maximum Gasteiger partial charge on any atom is 0.397 e. The summed E-state index contributed by atoms with van der Waals surface area (Å²) in [4.78, 5) is 0. The van der Waals surface area contributed by atoms with Crippen molar-refractivity contribution in [3.63, 3.8) is 0 Å². The standard InChI is InChI=1S/C27H56O6S/c1-3-5-7-9-11-13-15-17-19-21-23-31-25-27(33-34(28,29)30)26-32-24-22-20-18-16-14-12-10-8-6-4-2/h27H,3-26H2,1-2H3,(H,28,29,30). The van der Waals surface area contributed by atoms with Crippen LogP contribution in [0, 0.1) is 0 Å². The molecule has 206 valence electrons. The van der Waals surface area contributed by atoms with Gasteiger partial charge in [-0.05, 0) is 12.8 Å². The minimum absolute atomic E-state index is 0.106. The fraction of sp³-hybridized carbons (Fsp3) is 1.00. The van der Waals surface area contributed by atoms with Gasteiger partial charge in [0, 0.05) is 13.2 Å². The van der Waals surface area contributed by atoms with E-state index in [9.17, 15) is 8.42 Å². The summed E-state index contributed by atoms with van der Waals surface area (Å²) in [6.45, 7) is 5.84. The normalized spacial score (nSPS) is 12.1. The van der Waals surface area contributed by atoms with Gasteiger partial charge in [0.1, 0.15) is 6.10 Å². The molecule has 0 heterocycles. The van der Waals surface area contributed by atoms with Gasteiger partial charge in [-0.25, -0.2) is 4.18 Å². The Morgan fingerprint density at radius 2 is 0.824 bits per heavy atom. The third-order valence-corrected chi connectivity index (χ3v) is 6.66. The third kappa shape index (κ3) is 28.0. The number of unbranched alkanes of at least 4 members (excludes halogenated alkanes) is 18. The van der Waals surface area contributed by atoms with Gasteiger partial charge in [0.05, 0.1) is 13.2 Å². The largest absolute Gasteiger partial charge is 0.397 e. The van der Waals surface area contributed by atoms with Crippen LogP contribution in [0.2, 0.25) is 0 Å². The first-order valence-electron chi connectivity index (χ1n) is 14.3. The highest BCUT2D eigenvalue weighted by molar-refractivity contribution is 7.80. The number of hydrogen-bond acceptors (Lipinski definition) is 5. The van der Waals surface area contributed by atoms with Gasteiger partial charge in [0.25, 0.3) is 0 Å². The van der Waals surface area contributed by atoms with Crippen LogP contribution in [-0.2, 0) is 24.1 Å². The summed E-state index contributed by atoms with van der Waals surface area (Å²) in [5, 5.41) is 0. The Bertz CT molecular complexity index is 469. The summed E-state index contributed by atoms with van der Waals surface area (Å²) >= 11 is 0. The number of hydrogen-bond donors (Lipinski definition) is 1. The van der Waals surface area contributed by atoms with Crippen molar-refractivity contribution in [1.29, 1.82) is 0 Å². The van der Waals surface area contributed by atoms with E-state index < -0.39 is 16.5 Å². The second-order valence-corrected chi connectivity index (χ2v) is 10.7. The SMILES string of the molecule is CCCCCCCCCCCCOCC(COCCCCCCCCCCCC)OS(=O)(=O)O. The fourth-order valence-corrected chi connectivity index (χ4v) is 4.54. The first-order valence-corrected chi connectivity index (χ1v) is 15.7. The lowest BCUT2D eigenvalue weighted by Crippen LogP contribution is -2.28. The molecule has 0 aliphatic carbocycles. The lowest BCUT2D eigenvalue weighted by Gasteiger charge is -2.16. The molecule has 1 N–H and O–H groups in total. The van der Waals surface area contributed by atoms with Crippen molar-refractivity contribution in [3.8, 4) is 0 Å². The highest BCUT2D eigenvalue weighted by atomic mass is 32.3. The molecule has 7 heteroatoms. The first kappa shape index (κ1) is 33.8. The molecule has 0 fully saturated rings. The van der Waals surface area contributed by atoms with Crippen LogP contribution in [-0.4, -0.2) is 45.5 Å². The van der Waals surface area contributed by atoms with Crippen molar-refractivity contribution in [2.24, 2.45) is 0 Å². The first-order chi connectivity index (χ1) is 16.5. The van der Waals surface area contributed by atoms with Crippen LogP contribution in [0.3, 0.4) is 0 Å². The summed E-state index contributed by atoms with van der Waals surface area (Å²) < 4.78 is 47.1. The van der Waals surface area contributed by atoms with Crippen LogP contribution in [0.4, 0.5) is 0 Å². The van der Waals surface area contributed by atoms with Gasteiger partial charge in [-0.15, -0.1) is 0 Å². The van der Waals surface area contributed by atoms with Crippen LogP contribution in [0.25, 0.3) is 0 Å². The molecule has 0 radical (unpaired) electrons. The molecule has 0 aliphatic rings. The van der Waals surface area contributed by atoms with Gasteiger partial charge in [-0.3, -0.25) is 4.55 Å². The average molecular weight is 509 g/mol. The van der Waals surface area contributed by atoms with E-state index in [0.29, 0.717) is 13.2 Å². The van der Waals surface area contributed by atoms with Gasteiger partial charge in [-0.2, -0.15) is 8.42 Å². The Kier molecular flexibility index (Phi) is 25.7. The minimum atomic E-state index is -4.52. The molecule has 34 heavy (non-hydrogen) atoms. The van der Waals surface area contributed by atoms with E-state index in [1.165, 1.54) is 103 Å². The molecule has 0 spiro atoms. The van der Waals surface area contributed by atoms with E-state index in [1.807, 2.05) is 0 Å². The third-order valence-electron chi connectivity index (χ3n) is 6.15. The molecule has 0 rings (SSSR count). The van der Waals surface area contributed by atoms with Crippen LogP contribution in [0.5, 0.6) is 0 Å². The van der Waals surface area contributed by atoms with Crippen LogP contribution >= 0.6 is 0 Å². The number of rotatable bonds is 28. The Labute approximate surface area is 211 Å². The summed E-state index contributed by atoms with van der Waals surface area (Å²) in [5.41, 5.74) is 0. The molecule has 0 saturated carbocycles. The van der Waals surface area contributed by atoms with Crippen molar-refractivity contribution in [1.82, 2.24) is 0 Å². The molecular formula is C27H56O6S. The predicted molar refractivity (Wildman–Crippen MR) is 142 cm³/mol. The highest BCUT2D eigenvalue weighted by Crippen LogP contribution is 2.12. The second kappa shape index (κ2) is 25.9. The van der Waals surface area contributed by atoms with E-state index in [4.69, 9.17) is 18.2 Å². The second-order valence-electron chi connectivity index (χ2n) is 9.66. The molecule has 0 atom stereocenters. The smallest absolute Gasteiger partial charge is 0.379 e. The zero-order valence-electron chi connectivity index (χ0n) is 22.4. The lowest BCUT2D eigenvalue weighted by molar-refractivity contribution is -0.00944. The zero-order chi connectivity index (χ0) is 25.2. The molecule has 6 nitrogen and oxygen atoms in total. The Morgan fingerprint density at radius 1 is 0.529 bits per heavy atom. The molecule has 0 aromatic heterocycles. The van der Waals surface area contributed by atoms with Crippen molar-refractivity contribution in [2.75, 3.05) is 26.4 Å². The average Bonchev–Trinajstić information content (AvgIpc) is 2.79. The predicted octanol–water partition coefficient (Wildman–Crippen LogP) is 8.05. The lowest BCUT2D eigenvalue weighted by atomic mass is 10.1. The molecule has 0 amide bonds. The van der Waals surface area contributed by atoms with Gasteiger partial charge in [-0.1, -0.05) is 129 Å². The van der Waals surface area contributed by atoms with E-state index in [2.05, 4.69) is 13.8 Å². The Morgan fingerprint density at radius 3 is 1.12 bits per heavy atom. The zero-order valence-corrected chi connectivity index (χ0v) is 23.3. The van der Waals surface area contributed by atoms with Crippen LogP contribution < -0.4 is 0 Å². The summed E-state index contributed by atoms with van der Waals surface area (Å²) in [6.07, 6.45) is 24.3. The van der Waals surface area contributed by atoms with Crippen LogP contribution in [0.1, 0.15) is 142 Å². The molecule has 0 aromatic rings. The summed E-state index contributed by atoms with van der Waals surface area (Å²) in [6, 6.07) is 0. The van der Waals surface area contributed by atoms with Crippen molar-refractivity contribution in [2.45, 2.75) is 148 Å². The van der Waals surface area contributed by atoms with Gasteiger partial charge >= 0.3 is 10.4 Å². The van der Waals surface area contributed by atoms with E-state index >= 15 is 0 Å². The topological polar surface area (TPSA) is 82.1 Å². The van der Waals surface area contributed by atoms with E-state index in [1.54, 1.807) is 0 Å². The molecule has 0 aliphatic heterocycles. The number of ether oxygens (including phenoxy) is 2. The van der Waals surface area contributed by atoms with Crippen LogP contribution in [0.15, 0.2) is 0 Å². The quantitative estimate of drug-likeness (QED) is 0.0850. The van der Waals surface area contributed by atoms with Gasteiger partial charge < -0.3 is 9.47 Å². The van der Waals surface area contributed by atoms with Crippen molar-refractivity contribution < 1.29 is 26.6 Å². The maximum absolute atomic E-state index is 11.1. The Balaban J connectivity index is 3.66. The van der Waals surface area contributed by atoms with Gasteiger partial charge in [0.15, 0.2) is 0 Å². The maximum atomic E-state index is 11.1. The summed E-state index contributed by atoms with van der Waals surface area (Å²) in [5.74, 6) is 0. The molecule has 0 saturated heterocycles.